The van der Waals surface area contributed by atoms with E-state index in [-0.39, 0.29) is 0 Å². The Balaban J connectivity index is 2.50. The monoisotopic (exact) mass is 184 g/mol. The maximum absolute atomic E-state index is 5.63. The average molecular weight is 184 g/mol. The Morgan fingerprint density at radius 3 is 2.43 bits per heavy atom. The number of rotatable bonds is 1. The molecule has 0 amide bonds. The number of pyridine rings is 1. The fraction of sp³-hybridized carbons (Fsp3) is 0.0833. The van der Waals surface area contributed by atoms with Crippen LogP contribution in [0.3, 0.4) is 0 Å². The van der Waals surface area contributed by atoms with E-state index in [0.717, 1.165) is 16.8 Å². The van der Waals surface area contributed by atoms with E-state index in [2.05, 4.69) is 11.9 Å². The number of aromatic nitrogens is 1. The standard InChI is InChI=1S/C12H12N2/c1-9-6-7-14-8-12(9)10-2-4-11(13)5-3-10/h2-8H,13H2,1H3. The van der Waals surface area contributed by atoms with E-state index in [4.69, 9.17) is 5.73 Å². The van der Waals surface area contributed by atoms with Gasteiger partial charge in [0.25, 0.3) is 0 Å². The predicted octanol–water partition coefficient (Wildman–Crippen LogP) is 2.64. The lowest BCUT2D eigenvalue weighted by atomic mass is 10.0. The lowest BCUT2D eigenvalue weighted by molar-refractivity contribution is 1.29. The molecule has 1 heterocycles. The van der Waals surface area contributed by atoms with Crippen LogP contribution in [0.1, 0.15) is 5.56 Å². The van der Waals surface area contributed by atoms with Gasteiger partial charge in [-0.15, -0.1) is 0 Å². The zero-order valence-corrected chi connectivity index (χ0v) is 8.07. The largest absolute Gasteiger partial charge is 0.399 e. The topological polar surface area (TPSA) is 38.9 Å². The van der Waals surface area contributed by atoms with Crippen LogP contribution in [-0.4, -0.2) is 4.98 Å². The lowest BCUT2D eigenvalue weighted by Crippen LogP contribution is -1.86. The number of hydrogen-bond donors (Lipinski definition) is 1. The zero-order valence-electron chi connectivity index (χ0n) is 8.07. The van der Waals surface area contributed by atoms with Gasteiger partial charge < -0.3 is 5.73 Å². The summed E-state index contributed by atoms with van der Waals surface area (Å²) in [6.07, 6.45) is 3.68. The molecule has 2 aromatic rings. The second kappa shape index (κ2) is 3.50. The molecule has 0 bridgehead atoms. The van der Waals surface area contributed by atoms with Gasteiger partial charge in [0.05, 0.1) is 0 Å². The van der Waals surface area contributed by atoms with Crippen LogP contribution in [0.5, 0.6) is 0 Å². The maximum atomic E-state index is 5.63. The summed E-state index contributed by atoms with van der Waals surface area (Å²) in [5, 5.41) is 0. The summed E-state index contributed by atoms with van der Waals surface area (Å²) in [6, 6.07) is 9.84. The Labute approximate surface area is 83.4 Å². The van der Waals surface area contributed by atoms with Crippen molar-refractivity contribution in [1.29, 1.82) is 0 Å². The second-order valence-electron chi connectivity index (χ2n) is 3.31. The van der Waals surface area contributed by atoms with Crippen LogP contribution in [0.4, 0.5) is 5.69 Å². The van der Waals surface area contributed by atoms with Crippen LogP contribution in [0.2, 0.25) is 0 Å². The molecule has 0 fully saturated rings. The third-order valence-electron chi connectivity index (χ3n) is 2.26. The lowest BCUT2D eigenvalue weighted by Gasteiger charge is -2.04. The Morgan fingerprint density at radius 2 is 1.79 bits per heavy atom. The van der Waals surface area contributed by atoms with Gasteiger partial charge in [0.2, 0.25) is 0 Å². The molecule has 2 heteroatoms. The minimum absolute atomic E-state index is 0.787. The molecule has 0 aliphatic heterocycles. The molecule has 1 aromatic heterocycles. The van der Waals surface area contributed by atoms with Gasteiger partial charge in [-0.1, -0.05) is 12.1 Å². The first-order chi connectivity index (χ1) is 6.77. The molecule has 2 nitrogen and oxygen atoms in total. The fourth-order valence-electron chi connectivity index (χ4n) is 1.43. The molecule has 0 radical (unpaired) electrons. The summed E-state index contributed by atoms with van der Waals surface area (Å²) in [6.45, 7) is 2.08. The number of nitrogen functional groups attached to an aromatic ring is 1. The van der Waals surface area contributed by atoms with Crippen molar-refractivity contribution >= 4 is 5.69 Å². The minimum Gasteiger partial charge on any atom is -0.399 e. The first-order valence-corrected chi connectivity index (χ1v) is 4.54. The number of nitrogens with zero attached hydrogens (tertiary/aromatic N) is 1. The molecule has 0 aliphatic rings. The van der Waals surface area contributed by atoms with Crippen LogP contribution >= 0.6 is 0 Å². The van der Waals surface area contributed by atoms with E-state index < -0.39 is 0 Å². The van der Waals surface area contributed by atoms with E-state index in [9.17, 15) is 0 Å². The van der Waals surface area contributed by atoms with Gasteiger partial charge in [-0.05, 0) is 36.2 Å². The van der Waals surface area contributed by atoms with Crippen LogP contribution in [-0.2, 0) is 0 Å². The SMILES string of the molecule is Cc1ccncc1-c1ccc(N)cc1. The molecule has 0 aliphatic carbocycles. The summed E-state index contributed by atoms with van der Waals surface area (Å²) in [4.78, 5) is 4.11. The highest BCUT2D eigenvalue weighted by atomic mass is 14.6. The van der Waals surface area contributed by atoms with E-state index >= 15 is 0 Å². The van der Waals surface area contributed by atoms with E-state index in [1.54, 1.807) is 6.20 Å². The number of nitrogens with two attached hydrogens (primary N) is 1. The van der Waals surface area contributed by atoms with Crippen LogP contribution in [0, 0.1) is 6.92 Å². The van der Waals surface area contributed by atoms with Gasteiger partial charge in [-0.2, -0.15) is 0 Å². The molecule has 0 unspecified atom stereocenters. The minimum atomic E-state index is 0.787. The maximum Gasteiger partial charge on any atom is 0.0349 e. The number of aryl methyl sites for hydroxylation is 1. The van der Waals surface area contributed by atoms with Crippen molar-refractivity contribution in [2.45, 2.75) is 6.92 Å². The first kappa shape index (κ1) is 8.75. The molecule has 1 aromatic carbocycles. The average Bonchev–Trinajstić information content (AvgIpc) is 2.20. The van der Waals surface area contributed by atoms with Gasteiger partial charge in [0.15, 0.2) is 0 Å². The fourth-order valence-corrected chi connectivity index (χ4v) is 1.43. The van der Waals surface area contributed by atoms with Crippen molar-refractivity contribution in [2.75, 3.05) is 5.73 Å². The van der Waals surface area contributed by atoms with E-state index in [0.29, 0.717) is 0 Å². The molecule has 0 saturated heterocycles. The van der Waals surface area contributed by atoms with Crippen molar-refractivity contribution in [1.82, 2.24) is 4.98 Å². The molecular formula is C12H12N2. The number of benzene rings is 1. The normalized spacial score (nSPS) is 10.1. The molecule has 0 saturated carbocycles. The van der Waals surface area contributed by atoms with Gasteiger partial charge in [-0.25, -0.2) is 0 Å². The van der Waals surface area contributed by atoms with Crippen molar-refractivity contribution in [3.05, 3.63) is 48.3 Å². The number of anilines is 1. The quantitative estimate of drug-likeness (QED) is 0.692. The van der Waals surface area contributed by atoms with Gasteiger partial charge in [0.1, 0.15) is 0 Å². The molecule has 0 atom stereocenters. The number of hydrogen-bond acceptors (Lipinski definition) is 2. The van der Waals surface area contributed by atoms with Gasteiger partial charge >= 0.3 is 0 Å². The van der Waals surface area contributed by atoms with Crippen molar-refractivity contribution < 1.29 is 0 Å². The van der Waals surface area contributed by atoms with E-state index in [1.807, 2.05) is 36.5 Å². The van der Waals surface area contributed by atoms with Gasteiger partial charge in [0, 0.05) is 23.6 Å². The smallest absolute Gasteiger partial charge is 0.0349 e. The predicted molar refractivity (Wildman–Crippen MR) is 58.8 cm³/mol. The summed E-state index contributed by atoms with van der Waals surface area (Å²) in [5.41, 5.74) is 9.96. The Hall–Kier alpha value is -1.83. The highest BCUT2D eigenvalue weighted by Crippen LogP contribution is 2.22. The summed E-state index contributed by atoms with van der Waals surface area (Å²) in [7, 11) is 0. The van der Waals surface area contributed by atoms with Crippen LogP contribution in [0.15, 0.2) is 42.7 Å². The summed E-state index contributed by atoms with van der Waals surface area (Å²) < 4.78 is 0. The highest BCUT2D eigenvalue weighted by molar-refractivity contribution is 5.67. The molecule has 0 spiro atoms. The zero-order chi connectivity index (χ0) is 9.97. The third-order valence-corrected chi connectivity index (χ3v) is 2.26. The summed E-state index contributed by atoms with van der Waals surface area (Å²) in [5.74, 6) is 0. The molecule has 2 rings (SSSR count). The highest BCUT2D eigenvalue weighted by Gasteiger charge is 2.00. The Morgan fingerprint density at radius 1 is 1.07 bits per heavy atom. The molecule has 14 heavy (non-hydrogen) atoms. The van der Waals surface area contributed by atoms with Crippen molar-refractivity contribution in [2.24, 2.45) is 0 Å². The third kappa shape index (κ3) is 1.59. The Kier molecular flexibility index (Phi) is 2.19. The molecule has 2 N–H and O–H groups in total. The van der Waals surface area contributed by atoms with Gasteiger partial charge in [-0.3, -0.25) is 4.98 Å². The van der Waals surface area contributed by atoms with E-state index in [1.165, 1.54) is 5.56 Å². The van der Waals surface area contributed by atoms with Crippen LogP contribution in [0.25, 0.3) is 11.1 Å². The Bertz CT molecular complexity index is 432. The second-order valence-corrected chi connectivity index (χ2v) is 3.31. The van der Waals surface area contributed by atoms with Crippen LogP contribution < -0.4 is 5.73 Å². The molecule has 70 valence electrons. The summed E-state index contributed by atoms with van der Waals surface area (Å²) >= 11 is 0. The van der Waals surface area contributed by atoms with Crippen molar-refractivity contribution in [3.63, 3.8) is 0 Å². The first-order valence-electron chi connectivity index (χ1n) is 4.54. The molecular weight excluding hydrogens is 172 g/mol. The van der Waals surface area contributed by atoms with Crippen molar-refractivity contribution in [3.8, 4) is 11.1 Å².